The quantitative estimate of drug-likeness (QED) is 0.905. The Kier molecular flexibility index (Phi) is 2.83. The summed E-state index contributed by atoms with van der Waals surface area (Å²) in [5, 5.41) is 3.57. The average molecular weight is 257 g/mol. The maximum atomic E-state index is 4.21. The van der Waals surface area contributed by atoms with Gasteiger partial charge in [-0.15, -0.1) is 0 Å². The Morgan fingerprint density at radius 2 is 1.58 bits per heavy atom. The van der Waals surface area contributed by atoms with Gasteiger partial charge in [-0.1, -0.05) is 0 Å². The van der Waals surface area contributed by atoms with Gasteiger partial charge in [-0.05, 0) is 68.7 Å². The van der Waals surface area contributed by atoms with Gasteiger partial charge in [0.1, 0.15) is 6.33 Å². The average Bonchev–Trinajstić information content (AvgIpc) is 2.43. The van der Waals surface area contributed by atoms with E-state index in [1.165, 1.54) is 37.7 Å². The highest BCUT2D eigenvalue weighted by molar-refractivity contribution is 5.14. The highest BCUT2D eigenvalue weighted by atomic mass is 14.9. The topological polar surface area (TPSA) is 37.8 Å². The minimum atomic E-state index is 0.455. The zero-order chi connectivity index (χ0) is 12.8. The normalized spacial score (nSPS) is 41.4. The zero-order valence-electron chi connectivity index (χ0n) is 11.6. The van der Waals surface area contributed by atoms with Gasteiger partial charge in [0, 0.05) is 24.0 Å². The lowest BCUT2D eigenvalue weighted by atomic mass is 9.50. The number of nitrogens with one attached hydrogen (secondary N) is 1. The Hall–Kier alpha value is -0.960. The van der Waals surface area contributed by atoms with E-state index < -0.39 is 0 Å². The van der Waals surface area contributed by atoms with Crippen molar-refractivity contribution in [2.75, 3.05) is 7.05 Å². The molecule has 0 spiro atoms. The molecule has 1 unspecified atom stereocenters. The van der Waals surface area contributed by atoms with Crippen LogP contribution in [0.1, 0.15) is 43.7 Å². The summed E-state index contributed by atoms with van der Waals surface area (Å²) >= 11 is 0. The van der Waals surface area contributed by atoms with Crippen LogP contribution in [0.5, 0.6) is 0 Å². The SMILES string of the molecule is CNC(c1cncnc1)C1C2CC3CC(C2)CC1C3. The van der Waals surface area contributed by atoms with E-state index in [9.17, 15) is 0 Å². The first-order valence-electron chi connectivity index (χ1n) is 7.77. The molecule has 4 aliphatic carbocycles. The lowest BCUT2D eigenvalue weighted by molar-refractivity contribution is -0.0516. The summed E-state index contributed by atoms with van der Waals surface area (Å²) in [4.78, 5) is 8.43. The third kappa shape index (κ3) is 1.90. The second kappa shape index (κ2) is 4.55. The Balaban J connectivity index is 1.64. The van der Waals surface area contributed by atoms with Crippen molar-refractivity contribution in [2.24, 2.45) is 29.6 Å². The summed E-state index contributed by atoms with van der Waals surface area (Å²) in [7, 11) is 2.10. The monoisotopic (exact) mass is 257 g/mol. The van der Waals surface area contributed by atoms with Gasteiger partial charge in [-0.2, -0.15) is 0 Å². The Morgan fingerprint density at radius 1 is 1.00 bits per heavy atom. The number of rotatable bonds is 3. The highest BCUT2D eigenvalue weighted by Crippen LogP contribution is 2.59. The summed E-state index contributed by atoms with van der Waals surface area (Å²) in [6.45, 7) is 0. The molecule has 4 aliphatic rings. The van der Waals surface area contributed by atoms with Crippen LogP contribution in [0.25, 0.3) is 0 Å². The van der Waals surface area contributed by atoms with Crippen LogP contribution in [0, 0.1) is 29.6 Å². The van der Waals surface area contributed by atoms with E-state index in [1.807, 2.05) is 12.4 Å². The molecule has 1 aromatic heterocycles. The smallest absolute Gasteiger partial charge is 0.115 e. The Labute approximate surface area is 115 Å². The molecule has 4 bridgehead atoms. The second-order valence-electron chi connectivity index (χ2n) is 6.95. The van der Waals surface area contributed by atoms with E-state index in [2.05, 4.69) is 22.3 Å². The van der Waals surface area contributed by atoms with Gasteiger partial charge >= 0.3 is 0 Å². The van der Waals surface area contributed by atoms with Crippen LogP contribution in [0.4, 0.5) is 0 Å². The van der Waals surface area contributed by atoms with Crippen molar-refractivity contribution in [1.82, 2.24) is 15.3 Å². The number of nitrogens with zero attached hydrogens (tertiary/aromatic N) is 2. The van der Waals surface area contributed by atoms with Crippen molar-refractivity contribution in [1.29, 1.82) is 0 Å². The lowest BCUT2D eigenvalue weighted by Crippen LogP contribution is -2.49. The summed E-state index contributed by atoms with van der Waals surface area (Å²) in [5.74, 6) is 4.78. The summed E-state index contributed by atoms with van der Waals surface area (Å²) in [6, 6.07) is 0.455. The van der Waals surface area contributed by atoms with Gasteiger partial charge in [0.25, 0.3) is 0 Å². The van der Waals surface area contributed by atoms with Gasteiger partial charge < -0.3 is 5.32 Å². The molecule has 3 heteroatoms. The molecule has 1 aromatic rings. The van der Waals surface area contributed by atoms with Crippen LogP contribution >= 0.6 is 0 Å². The molecule has 1 heterocycles. The molecule has 102 valence electrons. The molecule has 0 radical (unpaired) electrons. The van der Waals surface area contributed by atoms with Crippen molar-refractivity contribution in [3.05, 3.63) is 24.3 Å². The molecule has 3 nitrogen and oxygen atoms in total. The largest absolute Gasteiger partial charge is 0.313 e. The molecule has 1 atom stereocenters. The van der Waals surface area contributed by atoms with Crippen LogP contribution in [0.3, 0.4) is 0 Å². The predicted octanol–water partition coefficient (Wildman–Crippen LogP) is 2.81. The van der Waals surface area contributed by atoms with Crippen LogP contribution in [-0.4, -0.2) is 17.0 Å². The predicted molar refractivity (Wildman–Crippen MR) is 74.4 cm³/mol. The molecule has 0 aromatic carbocycles. The molecule has 5 rings (SSSR count). The van der Waals surface area contributed by atoms with Gasteiger partial charge in [0.15, 0.2) is 0 Å². The fourth-order valence-electron chi connectivity index (χ4n) is 5.56. The third-order valence-corrected chi connectivity index (χ3v) is 5.94. The third-order valence-electron chi connectivity index (χ3n) is 5.94. The molecule has 1 N–H and O–H groups in total. The van der Waals surface area contributed by atoms with Crippen LogP contribution in [0.2, 0.25) is 0 Å². The van der Waals surface area contributed by atoms with Gasteiger partial charge in [-0.3, -0.25) is 0 Å². The standard InChI is InChI=1S/C16H23N3/c1-17-16(14-7-18-9-19-8-14)15-12-3-10-2-11(5-12)6-13(15)4-10/h7-13,15-17H,2-6H2,1H3. The van der Waals surface area contributed by atoms with Crippen molar-refractivity contribution >= 4 is 0 Å². The second-order valence-corrected chi connectivity index (χ2v) is 6.95. The first-order chi connectivity index (χ1) is 9.35. The highest BCUT2D eigenvalue weighted by Gasteiger charge is 2.50. The molecular formula is C16H23N3. The van der Waals surface area contributed by atoms with E-state index >= 15 is 0 Å². The molecule has 4 saturated carbocycles. The molecule has 0 aliphatic heterocycles. The summed E-state index contributed by atoms with van der Waals surface area (Å²) < 4.78 is 0. The lowest BCUT2D eigenvalue weighted by Gasteiger charge is -2.56. The van der Waals surface area contributed by atoms with E-state index in [4.69, 9.17) is 0 Å². The molecule has 19 heavy (non-hydrogen) atoms. The molecule has 4 fully saturated rings. The molecule has 0 amide bonds. The van der Waals surface area contributed by atoms with Crippen LogP contribution < -0.4 is 5.32 Å². The maximum Gasteiger partial charge on any atom is 0.115 e. The molecular weight excluding hydrogens is 234 g/mol. The summed E-state index contributed by atoms with van der Waals surface area (Å²) in [5.41, 5.74) is 1.28. The maximum absolute atomic E-state index is 4.21. The van der Waals surface area contributed by atoms with E-state index in [1.54, 1.807) is 6.33 Å². The van der Waals surface area contributed by atoms with E-state index in [-0.39, 0.29) is 0 Å². The van der Waals surface area contributed by atoms with Crippen LogP contribution in [-0.2, 0) is 0 Å². The van der Waals surface area contributed by atoms with Gasteiger partial charge in [0.05, 0.1) is 0 Å². The first kappa shape index (κ1) is 11.8. The van der Waals surface area contributed by atoms with Crippen molar-refractivity contribution in [2.45, 2.75) is 38.1 Å². The van der Waals surface area contributed by atoms with E-state index in [0.29, 0.717) is 6.04 Å². The molecule has 0 saturated heterocycles. The minimum absolute atomic E-state index is 0.455. The minimum Gasteiger partial charge on any atom is -0.313 e. The number of hydrogen-bond acceptors (Lipinski definition) is 3. The fourth-order valence-corrected chi connectivity index (χ4v) is 5.56. The van der Waals surface area contributed by atoms with Gasteiger partial charge in [-0.25, -0.2) is 9.97 Å². The fraction of sp³-hybridized carbons (Fsp3) is 0.750. The zero-order valence-corrected chi connectivity index (χ0v) is 11.6. The van der Waals surface area contributed by atoms with Gasteiger partial charge in [0.2, 0.25) is 0 Å². The van der Waals surface area contributed by atoms with Crippen molar-refractivity contribution in [3.8, 4) is 0 Å². The Morgan fingerprint density at radius 3 is 2.11 bits per heavy atom. The summed E-state index contributed by atoms with van der Waals surface area (Å²) in [6.07, 6.45) is 13.1. The number of aromatic nitrogens is 2. The van der Waals surface area contributed by atoms with Crippen LogP contribution in [0.15, 0.2) is 18.7 Å². The van der Waals surface area contributed by atoms with E-state index in [0.717, 1.165) is 29.6 Å². The number of hydrogen-bond donors (Lipinski definition) is 1. The first-order valence-corrected chi connectivity index (χ1v) is 7.77. The Bertz CT molecular complexity index is 417. The van der Waals surface area contributed by atoms with Crippen molar-refractivity contribution in [3.63, 3.8) is 0 Å². The van der Waals surface area contributed by atoms with Crippen molar-refractivity contribution < 1.29 is 0 Å².